The van der Waals surface area contributed by atoms with E-state index in [-0.39, 0.29) is 0 Å². The summed E-state index contributed by atoms with van der Waals surface area (Å²) in [6.07, 6.45) is -21.0. The van der Waals surface area contributed by atoms with E-state index in [0.717, 1.165) is 0 Å². The number of rotatable bonds is 9. The molecule has 15 nitrogen and oxygen atoms in total. The summed E-state index contributed by atoms with van der Waals surface area (Å²) in [5.74, 6) is 0. The summed E-state index contributed by atoms with van der Waals surface area (Å²) < 4.78 is 32.6. The molecule has 15 atom stereocenters. The van der Waals surface area contributed by atoms with Crippen molar-refractivity contribution in [3.63, 3.8) is 0 Å². The molecule has 3 aliphatic heterocycles. The first-order valence-corrected chi connectivity index (χ1v) is 11.3. The molecule has 0 aliphatic carbocycles. The van der Waals surface area contributed by atoms with Gasteiger partial charge in [0.15, 0.2) is 12.6 Å². The average molecular weight is 516 g/mol. The van der Waals surface area contributed by atoms with E-state index in [0.29, 0.717) is 0 Å². The molecule has 3 heterocycles. The zero-order valence-corrected chi connectivity index (χ0v) is 19.3. The maximum atomic E-state index is 10.9. The van der Waals surface area contributed by atoms with E-state index in [1.807, 2.05) is 0 Å². The van der Waals surface area contributed by atoms with Crippen LogP contribution < -0.4 is 0 Å². The molecule has 3 fully saturated rings. The Kier molecular flexibility index (Phi) is 10.2. The second-order valence-corrected chi connectivity index (χ2v) is 8.86. The molecule has 3 saturated heterocycles. The Morgan fingerprint density at radius 1 is 0.686 bits per heavy atom. The van der Waals surface area contributed by atoms with Crippen LogP contribution in [0.2, 0.25) is 0 Å². The van der Waals surface area contributed by atoms with Gasteiger partial charge in [0.2, 0.25) is 0 Å². The molecular weight excluding hydrogens is 480 g/mol. The molecule has 5 unspecified atom stereocenters. The summed E-state index contributed by atoms with van der Waals surface area (Å²) in [6, 6.07) is 0. The van der Waals surface area contributed by atoms with E-state index in [1.165, 1.54) is 14.0 Å². The van der Waals surface area contributed by atoms with Gasteiger partial charge in [0.1, 0.15) is 73.2 Å². The maximum Gasteiger partial charge on any atom is 0.187 e. The van der Waals surface area contributed by atoms with Gasteiger partial charge in [-0.25, -0.2) is 0 Å². The van der Waals surface area contributed by atoms with Crippen LogP contribution in [0.25, 0.3) is 0 Å². The van der Waals surface area contributed by atoms with Crippen LogP contribution in [-0.2, 0) is 28.4 Å². The van der Waals surface area contributed by atoms with Crippen LogP contribution in [0.15, 0.2) is 0 Å². The number of ether oxygens (including phenoxy) is 6. The molecule has 206 valence electrons. The molecule has 3 aliphatic rings. The van der Waals surface area contributed by atoms with Gasteiger partial charge in [-0.1, -0.05) is 0 Å². The molecule has 35 heavy (non-hydrogen) atoms. The highest BCUT2D eigenvalue weighted by molar-refractivity contribution is 4.97. The van der Waals surface area contributed by atoms with Gasteiger partial charge in [0.05, 0.1) is 25.9 Å². The fraction of sp³-hybridized carbons (Fsp3) is 1.00. The zero-order chi connectivity index (χ0) is 26.0. The van der Waals surface area contributed by atoms with Crippen LogP contribution >= 0.6 is 0 Å². The summed E-state index contributed by atoms with van der Waals surface area (Å²) in [5, 5.41) is 91.2. The molecule has 0 aromatic heterocycles. The van der Waals surface area contributed by atoms with Crippen LogP contribution in [0.5, 0.6) is 0 Å². The van der Waals surface area contributed by atoms with Crippen molar-refractivity contribution in [2.75, 3.05) is 26.9 Å². The number of hydrogen-bond donors (Lipinski definition) is 9. The number of aliphatic hydroxyl groups is 9. The van der Waals surface area contributed by atoms with E-state index in [4.69, 9.17) is 28.4 Å². The van der Waals surface area contributed by atoms with Gasteiger partial charge < -0.3 is 74.4 Å². The third-order valence-corrected chi connectivity index (χ3v) is 6.58. The van der Waals surface area contributed by atoms with Crippen molar-refractivity contribution in [2.24, 2.45) is 0 Å². The van der Waals surface area contributed by atoms with Crippen molar-refractivity contribution in [1.29, 1.82) is 0 Å². The lowest BCUT2D eigenvalue weighted by atomic mass is 9.96. The van der Waals surface area contributed by atoms with Crippen LogP contribution in [0.4, 0.5) is 0 Å². The largest absolute Gasteiger partial charge is 0.394 e. The maximum absolute atomic E-state index is 10.9. The van der Waals surface area contributed by atoms with Crippen molar-refractivity contribution in [3.8, 4) is 0 Å². The highest BCUT2D eigenvalue weighted by atomic mass is 16.7. The lowest BCUT2D eigenvalue weighted by molar-refractivity contribution is -0.367. The molecule has 9 N–H and O–H groups in total. The molecule has 0 spiro atoms. The Morgan fingerprint density at radius 2 is 1.17 bits per heavy atom. The standard InChI is InChI=1S/C20H36O15/c1-6-10(25)18(15(31-6)7(24)3-21)35-20-14(29)17(12(27)9(5-23)33-20)34-19-13(28)16(30-2)11(26)8(4-22)32-19/h6-29H,3-5H2,1-2H3/t6-,7-,8?,9?,10?,11+,12+,13?,14?,15+,16+,17+,18+,19+,20-/m1/s1. The van der Waals surface area contributed by atoms with Gasteiger partial charge in [0, 0.05) is 7.11 Å². The number of aliphatic hydroxyl groups excluding tert-OH is 9. The summed E-state index contributed by atoms with van der Waals surface area (Å²) >= 11 is 0. The van der Waals surface area contributed by atoms with Gasteiger partial charge in [0.25, 0.3) is 0 Å². The molecule has 15 heteroatoms. The van der Waals surface area contributed by atoms with Crippen LogP contribution in [-0.4, -0.2) is 165 Å². The van der Waals surface area contributed by atoms with Gasteiger partial charge >= 0.3 is 0 Å². The van der Waals surface area contributed by atoms with Crippen molar-refractivity contribution in [1.82, 2.24) is 0 Å². The topological polar surface area (TPSA) is 237 Å². The minimum atomic E-state index is -1.78. The molecule has 0 amide bonds. The first-order valence-electron chi connectivity index (χ1n) is 11.3. The SMILES string of the molecule is CO[C@@H]1C(O)[C@H](O[C@@H]2C(O)[C@@H](O[C@H]3C(O)[C@@H](C)O[C@H]3[C@H](O)CO)OC(CO)[C@@H]2O)OC(CO)[C@@H]1O. The van der Waals surface area contributed by atoms with E-state index >= 15 is 0 Å². The van der Waals surface area contributed by atoms with E-state index in [9.17, 15) is 46.0 Å². The highest BCUT2D eigenvalue weighted by Crippen LogP contribution is 2.33. The molecular formula is C20H36O15. The molecule has 0 aromatic carbocycles. The number of methoxy groups -OCH3 is 1. The van der Waals surface area contributed by atoms with Gasteiger partial charge in [-0.15, -0.1) is 0 Å². The van der Waals surface area contributed by atoms with Crippen LogP contribution in [0.3, 0.4) is 0 Å². The van der Waals surface area contributed by atoms with Crippen LogP contribution in [0, 0.1) is 0 Å². The van der Waals surface area contributed by atoms with E-state index in [2.05, 4.69) is 0 Å². The molecule has 3 rings (SSSR count). The molecule has 0 saturated carbocycles. The minimum absolute atomic E-state index is 0.649. The molecule has 0 bridgehead atoms. The minimum Gasteiger partial charge on any atom is -0.394 e. The summed E-state index contributed by atoms with van der Waals surface area (Å²) in [4.78, 5) is 0. The quantitative estimate of drug-likeness (QED) is 0.139. The Labute approximate surface area is 200 Å². The van der Waals surface area contributed by atoms with Crippen molar-refractivity contribution < 1.29 is 74.4 Å². The first-order chi connectivity index (χ1) is 16.6. The summed E-state index contributed by atoms with van der Waals surface area (Å²) in [5.41, 5.74) is 0. The fourth-order valence-electron chi connectivity index (χ4n) is 4.52. The fourth-order valence-corrected chi connectivity index (χ4v) is 4.52. The average Bonchev–Trinajstić information content (AvgIpc) is 3.12. The zero-order valence-electron chi connectivity index (χ0n) is 19.3. The van der Waals surface area contributed by atoms with Crippen LogP contribution in [0.1, 0.15) is 6.92 Å². The van der Waals surface area contributed by atoms with Gasteiger partial charge in [-0.2, -0.15) is 0 Å². The second kappa shape index (κ2) is 12.3. The highest BCUT2D eigenvalue weighted by Gasteiger charge is 2.54. The Balaban J connectivity index is 1.79. The predicted molar refractivity (Wildman–Crippen MR) is 109 cm³/mol. The molecule has 0 aromatic rings. The summed E-state index contributed by atoms with van der Waals surface area (Å²) in [7, 11) is 1.21. The Morgan fingerprint density at radius 3 is 1.66 bits per heavy atom. The lowest BCUT2D eigenvalue weighted by Gasteiger charge is -2.47. The normalized spacial score (nSPS) is 49.8. The first kappa shape index (κ1) is 29.0. The smallest absolute Gasteiger partial charge is 0.187 e. The predicted octanol–water partition coefficient (Wildman–Crippen LogP) is -5.85. The second-order valence-electron chi connectivity index (χ2n) is 8.86. The van der Waals surface area contributed by atoms with Crippen molar-refractivity contribution >= 4 is 0 Å². The Bertz CT molecular complexity index is 656. The Hall–Kier alpha value is -0.600. The monoisotopic (exact) mass is 516 g/mol. The third-order valence-electron chi connectivity index (χ3n) is 6.58. The van der Waals surface area contributed by atoms with Gasteiger partial charge in [-0.05, 0) is 6.92 Å². The van der Waals surface area contributed by atoms with Crippen molar-refractivity contribution in [3.05, 3.63) is 0 Å². The van der Waals surface area contributed by atoms with Gasteiger partial charge in [-0.3, -0.25) is 0 Å². The lowest BCUT2D eigenvalue weighted by Crippen LogP contribution is -2.65. The van der Waals surface area contributed by atoms with E-state index in [1.54, 1.807) is 0 Å². The number of hydrogen-bond acceptors (Lipinski definition) is 15. The third kappa shape index (κ3) is 5.79. The molecule has 0 radical (unpaired) electrons. The summed E-state index contributed by atoms with van der Waals surface area (Å²) in [6.45, 7) is -0.570. The van der Waals surface area contributed by atoms with E-state index < -0.39 is 112 Å². The van der Waals surface area contributed by atoms with Crippen molar-refractivity contribution in [2.45, 2.75) is 98.9 Å².